The summed E-state index contributed by atoms with van der Waals surface area (Å²) in [5.41, 5.74) is 2.37. The van der Waals surface area contributed by atoms with Crippen LogP contribution in [-0.4, -0.2) is 37.4 Å². The lowest BCUT2D eigenvalue weighted by atomic mass is 10.1. The molecule has 0 fully saturated rings. The third-order valence-electron chi connectivity index (χ3n) is 4.89. The van der Waals surface area contributed by atoms with Crippen LogP contribution < -0.4 is 20.1 Å². The molecule has 0 aromatic heterocycles. The van der Waals surface area contributed by atoms with Crippen LogP contribution in [0.25, 0.3) is 0 Å². The van der Waals surface area contributed by atoms with Crippen molar-refractivity contribution in [2.45, 2.75) is 19.8 Å². The maximum Gasteiger partial charge on any atom is 0.261 e. The Morgan fingerprint density at radius 3 is 2.29 bits per heavy atom. The van der Waals surface area contributed by atoms with E-state index in [1.54, 1.807) is 18.2 Å². The smallest absolute Gasteiger partial charge is 0.261 e. The van der Waals surface area contributed by atoms with Gasteiger partial charge in [0.05, 0.1) is 24.5 Å². The third-order valence-corrected chi connectivity index (χ3v) is 5.10. The van der Waals surface area contributed by atoms with Crippen LogP contribution in [0.1, 0.15) is 29.3 Å². The minimum atomic E-state index is -0.356. The van der Waals surface area contributed by atoms with Crippen molar-refractivity contribution in [3.63, 3.8) is 0 Å². The molecule has 0 saturated heterocycles. The van der Waals surface area contributed by atoms with Gasteiger partial charge in [0.25, 0.3) is 5.91 Å². The largest absolute Gasteiger partial charge is 0.491 e. The quantitative estimate of drug-likeness (QED) is 0.274. The Balaban J connectivity index is 1.52. The molecule has 0 bridgehead atoms. The van der Waals surface area contributed by atoms with E-state index in [9.17, 15) is 4.79 Å². The van der Waals surface area contributed by atoms with Crippen LogP contribution in [0.5, 0.6) is 11.5 Å². The third kappa shape index (κ3) is 8.17. The Morgan fingerprint density at radius 2 is 1.50 bits per heavy atom. The van der Waals surface area contributed by atoms with E-state index in [0.29, 0.717) is 49.2 Å². The summed E-state index contributed by atoms with van der Waals surface area (Å²) in [6.07, 6.45) is 1.83. The average Bonchev–Trinajstić information content (AvgIpc) is 2.86. The zero-order valence-corrected chi connectivity index (χ0v) is 20.1. The fraction of sp³-hybridized carbons (Fsp3) is 0.259. The number of hydrogen-bond donors (Lipinski definition) is 2. The van der Waals surface area contributed by atoms with E-state index in [2.05, 4.69) is 22.8 Å². The fourth-order valence-corrected chi connectivity index (χ4v) is 3.46. The van der Waals surface area contributed by atoms with Crippen LogP contribution in [-0.2, 0) is 11.2 Å². The van der Waals surface area contributed by atoms with E-state index >= 15 is 0 Å². The summed E-state index contributed by atoms with van der Waals surface area (Å²) >= 11 is 5.38. The van der Waals surface area contributed by atoms with Crippen molar-refractivity contribution in [1.29, 1.82) is 0 Å². The van der Waals surface area contributed by atoms with E-state index in [1.165, 1.54) is 5.56 Å². The first-order valence-electron chi connectivity index (χ1n) is 11.3. The topological polar surface area (TPSA) is 68.8 Å². The highest BCUT2D eigenvalue weighted by atomic mass is 32.1. The summed E-state index contributed by atoms with van der Waals surface area (Å²) in [6.45, 7) is 3.91. The lowest BCUT2D eigenvalue weighted by molar-refractivity contribution is 0.0958. The van der Waals surface area contributed by atoms with Crippen LogP contribution in [0, 0.1) is 0 Å². The van der Waals surface area contributed by atoms with Gasteiger partial charge in [0.1, 0.15) is 18.1 Å². The van der Waals surface area contributed by atoms with E-state index in [1.807, 2.05) is 55.5 Å². The molecule has 0 heterocycles. The molecule has 3 rings (SSSR count). The number of aryl methyl sites for hydroxylation is 1. The van der Waals surface area contributed by atoms with Gasteiger partial charge in [-0.2, -0.15) is 0 Å². The highest BCUT2D eigenvalue weighted by molar-refractivity contribution is 7.80. The van der Waals surface area contributed by atoms with Gasteiger partial charge in [0, 0.05) is 6.61 Å². The Hall–Kier alpha value is -3.42. The SMILES string of the molecule is CCOCCOc1ccccc1C(=O)NC(=S)Nc1ccccc1OCCCc1ccccc1. The predicted octanol–water partition coefficient (Wildman–Crippen LogP) is 5.24. The van der Waals surface area contributed by atoms with Gasteiger partial charge in [-0.1, -0.05) is 54.6 Å². The molecule has 178 valence electrons. The number of ether oxygens (including phenoxy) is 3. The number of carbonyl (C=O) groups excluding carboxylic acids is 1. The summed E-state index contributed by atoms with van der Waals surface area (Å²) in [4.78, 5) is 12.8. The first-order chi connectivity index (χ1) is 16.7. The van der Waals surface area contributed by atoms with Gasteiger partial charge in [-0.15, -0.1) is 0 Å². The number of rotatable bonds is 12. The molecule has 0 atom stereocenters. The Bertz CT molecular complexity index is 1060. The highest BCUT2D eigenvalue weighted by Gasteiger charge is 2.14. The molecule has 3 aromatic rings. The minimum absolute atomic E-state index is 0.175. The van der Waals surface area contributed by atoms with Crippen molar-refractivity contribution in [2.75, 3.05) is 31.7 Å². The van der Waals surface area contributed by atoms with Gasteiger partial charge >= 0.3 is 0 Å². The first kappa shape index (κ1) is 25.2. The number of nitrogens with one attached hydrogen (secondary N) is 2. The summed E-state index contributed by atoms with van der Waals surface area (Å²) in [7, 11) is 0. The molecule has 1 amide bonds. The standard InChI is InChI=1S/C27H30N2O4S/c1-2-31-19-20-33-24-16-8-6-14-22(24)26(30)29-27(34)28-23-15-7-9-17-25(23)32-18-10-13-21-11-4-3-5-12-21/h3-9,11-12,14-17H,2,10,13,18-20H2,1H3,(H2,28,29,30,34). The molecule has 0 aliphatic heterocycles. The fourth-order valence-electron chi connectivity index (χ4n) is 3.26. The first-order valence-corrected chi connectivity index (χ1v) is 11.8. The molecule has 0 radical (unpaired) electrons. The van der Waals surface area contributed by atoms with E-state index in [4.69, 9.17) is 26.4 Å². The Morgan fingerprint density at radius 1 is 0.824 bits per heavy atom. The van der Waals surface area contributed by atoms with Crippen molar-refractivity contribution < 1.29 is 19.0 Å². The van der Waals surface area contributed by atoms with E-state index < -0.39 is 0 Å². The van der Waals surface area contributed by atoms with Gasteiger partial charge in [-0.05, 0) is 61.8 Å². The van der Waals surface area contributed by atoms with Gasteiger partial charge in [-0.3, -0.25) is 10.1 Å². The monoisotopic (exact) mass is 478 g/mol. The average molecular weight is 479 g/mol. The second kappa shape index (κ2) is 14.0. The van der Waals surface area contributed by atoms with Crippen LogP contribution in [0.3, 0.4) is 0 Å². The summed E-state index contributed by atoms with van der Waals surface area (Å²) in [5.74, 6) is 0.794. The van der Waals surface area contributed by atoms with Crippen molar-refractivity contribution in [1.82, 2.24) is 5.32 Å². The summed E-state index contributed by atoms with van der Waals surface area (Å²) in [6, 6.07) is 24.8. The molecule has 0 aliphatic rings. The molecule has 34 heavy (non-hydrogen) atoms. The summed E-state index contributed by atoms with van der Waals surface area (Å²) in [5, 5.41) is 5.96. The van der Waals surface area contributed by atoms with Crippen LogP contribution in [0.2, 0.25) is 0 Å². The molecular formula is C27H30N2O4S. The number of benzene rings is 3. The number of hydrogen-bond acceptors (Lipinski definition) is 5. The van der Waals surface area contributed by atoms with Crippen molar-refractivity contribution in [3.8, 4) is 11.5 Å². The van der Waals surface area contributed by atoms with Crippen LogP contribution in [0.4, 0.5) is 5.69 Å². The summed E-state index contributed by atoms with van der Waals surface area (Å²) < 4.78 is 16.9. The molecule has 7 heteroatoms. The van der Waals surface area contributed by atoms with Gasteiger partial charge in [0.15, 0.2) is 5.11 Å². The number of para-hydroxylation sites is 3. The van der Waals surface area contributed by atoms with Gasteiger partial charge in [-0.25, -0.2) is 0 Å². The Labute approximate surface area is 206 Å². The minimum Gasteiger partial charge on any atom is -0.491 e. The molecule has 0 spiro atoms. The van der Waals surface area contributed by atoms with Crippen LogP contribution >= 0.6 is 12.2 Å². The Kier molecular flexibility index (Phi) is 10.4. The van der Waals surface area contributed by atoms with Gasteiger partial charge < -0.3 is 19.5 Å². The lowest BCUT2D eigenvalue weighted by Gasteiger charge is -2.15. The molecule has 0 unspecified atom stereocenters. The predicted molar refractivity (Wildman–Crippen MR) is 139 cm³/mol. The number of anilines is 1. The maximum atomic E-state index is 12.8. The molecular weight excluding hydrogens is 448 g/mol. The molecule has 6 nitrogen and oxygen atoms in total. The van der Waals surface area contributed by atoms with Crippen molar-refractivity contribution in [2.24, 2.45) is 0 Å². The highest BCUT2D eigenvalue weighted by Crippen LogP contribution is 2.24. The molecule has 2 N–H and O–H groups in total. The van der Waals surface area contributed by atoms with E-state index in [-0.39, 0.29) is 11.0 Å². The normalized spacial score (nSPS) is 10.4. The number of amides is 1. The lowest BCUT2D eigenvalue weighted by Crippen LogP contribution is -2.34. The van der Waals surface area contributed by atoms with Gasteiger partial charge in [0.2, 0.25) is 0 Å². The van der Waals surface area contributed by atoms with Crippen molar-refractivity contribution >= 4 is 28.9 Å². The zero-order valence-electron chi connectivity index (χ0n) is 19.3. The molecule has 0 aliphatic carbocycles. The van der Waals surface area contributed by atoms with E-state index in [0.717, 1.165) is 12.8 Å². The molecule has 3 aromatic carbocycles. The maximum absolute atomic E-state index is 12.8. The molecule has 0 saturated carbocycles. The zero-order chi connectivity index (χ0) is 24.0. The van der Waals surface area contributed by atoms with Crippen molar-refractivity contribution in [3.05, 3.63) is 90.0 Å². The second-order valence-electron chi connectivity index (χ2n) is 7.38. The number of thiocarbonyl (C=S) groups is 1. The number of carbonyl (C=O) groups is 1. The second-order valence-corrected chi connectivity index (χ2v) is 7.79. The van der Waals surface area contributed by atoms with Crippen LogP contribution in [0.15, 0.2) is 78.9 Å².